The molecule has 0 radical (unpaired) electrons. The Kier molecular flexibility index (Phi) is 2.53. The molecule has 2 unspecified atom stereocenters. The van der Waals surface area contributed by atoms with E-state index in [-0.39, 0.29) is 11.7 Å². The van der Waals surface area contributed by atoms with Crippen LogP contribution < -0.4 is 0 Å². The molecule has 0 aliphatic heterocycles. The largest absolute Gasteiger partial charge is 0.411 e. The first-order valence-electron chi connectivity index (χ1n) is 5.18. The second-order valence-electron chi connectivity index (χ2n) is 4.36. The first kappa shape index (κ1) is 10.9. The monoisotopic (exact) mass is 222 g/mol. The highest BCUT2D eigenvalue weighted by molar-refractivity contribution is 5.94. The number of carbonyl (C=O) groups excluding carboxylic acids is 1. The minimum atomic E-state index is -4.34. The Labute approximate surface area is 85.8 Å². The molecule has 0 heterocycles. The maximum atomic E-state index is 12.0. The molecule has 0 aromatic carbocycles. The van der Waals surface area contributed by atoms with Gasteiger partial charge in [-0.15, -0.1) is 0 Å². The van der Waals surface area contributed by atoms with E-state index in [1.54, 1.807) is 0 Å². The van der Waals surface area contributed by atoms with Gasteiger partial charge in [0, 0.05) is 12.3 Å². The molecule has 2 saturated carbocycles. The molecule has 0 spiro atoms. The standard InChI is InChI=1S/C10H13F3O2/c11-10(12,13)6-15-9-4-2-1-3-7(9)5-8(9)14/h7H,1-6H2. The average Bonchev–Trinajstić information content (AvgIpc) is 2.13. The Morgan fingerprint density at radius 1 is 1.40 bits per heavy atom. The molecule has 2 aliphatic rings. The van der Waals surface area contributed by atoms with Crippen LogP contribution >= 0.6 is 0 Å². The minimum absolute atomic E-state index is 0.0288. The Hall–Kier alpha value is -0.580. The summed E-state index contributed by atoms with van der Waals surface area (Å²) in [5, 5.41) is 0. The van der Waals surface area contributed by atoms with Gasteiger partial charge in [-0.25, -0.2) is 0 Å². The van der Waals surface area contributed by atoms with Crippen LogP contribution in [0.3, 0.4) is 0 Å². The van der Waals surface area contributed by atoms with Crippen molar-refractivity contribution >= 4 is 5.78 Å². The van der Waals surface area contributed by atoms with Crippen molar-refractivity contribution in [3.8, 4) is 0 Å². The molecule has 2 fully saturated rings. The van der Waals surface area contributed by atoms with Crippen LogP contribution in [0.1, 0.15) is 32.1 Å². The number of halogens is 3. The van der Waals surface area contributed by atoms with Gasteiger partial charge in [0.15, 0.2) is 5.78 Å². The first-order chi connectivity index (χ1) is 6.94. The second-order valence-corrected chi connectivity index (χ2v) is 4.36. The van der Waals surface area contributed by atoms with E-state index < -0.39 is 18.4 Å². The Morgan fingerprint density at radius 2 is 2.13 bits per heavy atom. The first-order valence-corrected chi connectivity index (χ1v) is 5.18. The van der Waals surface area contributed by atoms with E-state index in [9.17, 15) is 18.0 Å². The zero-order valence-electron chi connectivity index (χ0n) is 8.27. The lowest BCUT2D eigenvalue weighted by Gasteiger charge is -2.50. The highest BCUT2D eigenvalue weighted by atomic mass is 19.4. The maximum Gasteiger partial charge on any atom is 0.411 e. The van der Waals surface area contributed by atoms with Gasteiger partial charge in [-0.05, 0) is 12.8 Å². The van der Waals surface area contributed by atoms with Crippen molar-refractivity contribution in [2.45, 2.75) is 43.9 Å². The molecule has 0 aromatic rings. The number of ether oxygens (including phenoxy) is 1. The zero-order valence-corrected chi connectivity index (χ0v) is 8.27. The third-order valence-electron chi connectivity index (χ3n) is 3.41. The number of ketones is 1. The van der Waals surface area contributed by atoms with Gasteiger partial charge < -0.3 is 4.74 Å². The van der Waals surface area contributed by atoms with Gasteiger partial charge in [0.05, 0.1) is 0 Å². The van der Waals surface area contributed by atoms with Crippen LogP contribution in [0.4, 0.5) is 13.2 Å². The topological polar surface area (TPSA) is 26.3 Å². The van der Waals surface area contributed by atoms with E-state index in [2.05, 4.69) is 0 Å². The van der Waals surface area contributed by atoms with Crippen LogP contribution in [-0.4, -0.2) is 24.2 Å². The van der Waals surface area contributed by atoms with Gasteiger partial charge >= 0.3 is 6.18 Å². The third-order valence-corrected chi connectivity index (χ3v) is 3.41. The minimum Gasteiger partial charge on any atom is -0.357 e. The number of alkyl halides is 3. The van der Waals surface area contributed by atoms with E-state index in [0.717, 1.165) is 19.3 Å². The molecular formula is C10H13F3O2. The Balaban J connectivity index is 2.00. The Bertz CT molecular complexity index is 274. The molecule has 2 nitrogen and oxygen atoms in total. The fraction of sp³-hybridized carbons (Fsp3) is 0.900. The van der Waals surface area contributed by atoms with E-state index >= 15 is 0 Å². The van der Waals surface area contributed by atoms with Crippen LogP contribution in [0.5, 0.6) is 0 Å². The van der Waals surface area contributed by atoms with Gasteiger partial charge in [0.25, 0.3) is 0 Å². The molecule has 0 aromatic heterocycles. The van der Waals surface area contributed by atoms with Crippen molar-refractivity contribution in [3.05, 3.63) is 0 Å². The number of fused-ring (bicyclic) bond motifs is 1. The predicted molar refractivity (Wildman–Crippen MR) is 46.3 cm³/mol. The Morgan fingerprint density at radius 3 is 2.67 bits per heavy atom. The van der Waals surface area contributed by atoms with Crippen molar-refractivity contribution in [2.24, 2.45) is 5.92 Å². The van der Waals surface area contributed by atoms with Crippen molar-refractivity contribution < 1.29 is 22.7 Å². The fourth-order valence-electron chi connectivity index (χ4n) is 2.60. The van der Waals surface area contributed by atoms with Crippen LogP contribution in [0.15, 0.2) is 0 Å². The van der Waals surface area contributed by atoms with Crippen LogP contribution in [0, 0.1) is 5.92 Å². The highest BCUT2D eigenvalue weighted by Crippen LogP contribution is 2.48. The number of hydrogen-bond donors (Lipinski definition) is 0. The molecule has 86 valence electrons. The van der Waals surface area contributed by atoms with E-state index in [0.29, 0.717) is 12.8 Å². The summed E-state index contributed by atoms with van der Waals surface area (Å²) in [4.78, 5) is 11.4. The summed E-state index contributed by atoms with van der Waals surface area (Å²) in [6.45, 7) is -1.30. The normalized spacial score (nSPS) is 35.9. The quantitative estimate of drug-likeness (QED) is 0.717. The van der Waals surface area contributed by atoms with Gasteiger partial charge in [-0.2, -0.15) is 13.2 Å². The predicted octanol–water partition coefficient (Wildman–Crippen LogP) is 2.47. The summed E-state index contributed by atoms with van der Waals surface area (Å²) in [7, 11) is 0. The molecule has 0 amide bonds. The summed E-state index contributed by atoms with van der Waals surface area (Å²) in [5.41, 5.74) is -1.08. The van der Waals surface area contributed by atoms with Gasteiger partial charge in [-0.1, -0.05) is 12.8 Å². The van der Waals surface area contributed by atoms with Crippen LogP contribution in [0.2, 0.25) is 0 Å². The third kappa shape index (κ3) is 1.89. The van der Waals surface area contributed by atoms with Crippen LogP contribution in [-0.2, 0) is 9.53 Å². The van der Waals surface area contributed by atoms with Crippen molar-refractivity contribution in [2.75, 3.05) is 6.61 Å². The molecule has 0 bridgehead atoms. The molecule has 2 rings (SSSR count). The van der Waals surface area contributed by atoms with Crippen LogP contribution in [0.25, 0.3) is 0 Å². The second kappa shape index (κ2) is 3.47. The summed E-state index contributed by atoms with van der Waals surface area (Å²) >= 11 is 0. The molecule has 5 heteroatoms. The highest BCUT2D eigenvalue weighted by Gasteiger charge is 2.57. The summed E-state index contributed by atoms with van der Waals surface area (Å²) < 4.78 is 40.9. The number of carbonyl (C=O) groups is 1. The SMILES string of the molecule is O=C1CC2CCCCC12OCC(F)(F)F. The molecule has 0 saturated heterocycles. The lowest BCUT2D eigenvalue weighted by molar-refractivity contribution is -0.233. The fourth-order valence-corrected chi connectivity index (χ4v) is 2.60. The lowest BCUT2D eigenvalue weighted by Crippen LogP contribution is -2.60. The molecule has 2 aliphatic carbocycles. The van der Waals surface area contributed by atoms with Crippen molar-refractivity contribution in [3.63, 3.8) is 0 Å². The average molecular weight is 222 g/mol. The smallest absolute Gasteiger partial charge is 0.357 e. The lowest BCUT2D eigenvalue weighted by atomic mass is 9.60. The van der Waals surface area contributed by atoms with E-state index in [1.807, 2.05) is 0 Å². The van der Waals surface area contributed by atoms with Gasteiger partial charge in [-0.3, -0.25) is 4.79 Å². The summed E-state index contributed by atoms with van der Waals surface area (Å²) in [6.07, 6.45) is -0.865. The molecular weight excluding hydrogens is 209 g/mol. The number of hydrogen-bond acceptors (Lipinski definition) is 2. The van der Waals surface area contributed by atoms with Gasteiger partial charge in [0.1, 0.15) is 12.2 Å². The van der Waals surface area contributed by atoms with Gasteiger partial charge in [0.2, 0.25) is 0 Å². The summed E-state index contributed by atoms with van der Waals surface area (Å²) in [6, 6.07) is 0. The molecule has 0 N–H and O–H groups in total. The van der Waals surface area contributed by atoms with Crippen molar-refractivity contribution in [1.82, 2.24) is 0 Å². The molecule has 15 heavy (non-hydrogen) atoms. The number of rotatable bonds is 2. The van der Waals surface area contributed by atoms with Crippen molar-refractivity contribution in [1.29, 1.82) is 0 Å². The zero-order chi connectivity index (χ0) is 11.1. The maximum absolute atomic E-state index is 12.0. The molecule has 2 atom stereocenters. The summed E-state index contributed by atoms with van der Waals surface area (Å²) in [5.74, 6) is -0.113. The van der Waals surface area contributed by atoms with E-state index in [4.69, 9.17) is 4.74 Å². The number of Topliss-reactive ketones (excluding diaryl/α,β-unsaturated/α-hetero) is 1. The van der Waals surface area contributed by atoms with E-state index in [1.165, 1.54) is 0 Å².